The van der Waals surface area contributed by atoms with E-state index in [1.165, 1.54) is 31.5 Å². The molecule has 3 saturated heterocycles. The van der Waals surface area contributed by atoms with Gasteiger partial charge < -0.3 is 10.0 Å². The molecule has 3 aliphatic rings. The van der Waals surface area contributed by atoms with E-state index < -0.39 is 5.60 Å². The third kappa shape index (κ3) is 1.76. The van der Waals surface area contributed by atoms with Gasteiger partial charge in [-0.2, -0.15) is 0 Å². The molecule has 0 aliphatic carbocycles. The summed E-state index contributed by atoms with van der Waals surface area (Å²) in [6.07, 6.45) is 3.15. The quantitative estimate of drug-likeness (QED) is 0.815. The van der Waals surface area contributed by atoms with Gasteiger partial charge in [0.2, 0.25) is 0 Å². The maximum Gasteiger partial charge on any atom is 0.0843 e. The fourth-order valence-electron chi connectivity index (χ4n) is 3.29. The van der Waals surface area contributed by atoms with Crippen molar-refractivity contribution in [3.8, 4) is 0 Å². The van der Waals surface area contributed by atoms with Crippen LogP contribution < -0.4 is 0 Å². The van der Waals surface area contributed by atoms with E-state index >= 15 is 0 Å². The molecule has 0 radical (unpaired) electrons. The van der Waals surface area contributed by atoms with E-state index in [0.29, 0.717) is 5.92 Å². The van der Waals surface area contributed by atoms with Gasteiger partial charge in [-0.15, -0.1) is 0 Å². The van der Waals surface area contributed by atoms with E-state index in [9.17, 15) is 5.11 Å². The van der Waals surface area contributed by atoms with Crippen LogP contribution in [-0.2, 0) is 6.42 Å². The largest absolute Gasteiger partial charge is 0.388 e. The Hall–Kier alpha value is -0.860. The minimum atomic E-state index is -0.474. The predicted molar refractivity (Wildman–Crippen MR) is 64.3 cm³/mol. The topological polar surface area (TPSA) is 23.5 Å². The van der Waals surface area contributed by atoms with Gasteiger partial charge in [-0.25, -0.2) is 0 Å². The van der Waals surface area contributed by atoms with Crippen molar-refractivity contribution in [3.05, 3.63) is 35.9 Å². The smallest absolute Gasteiger partial charge is 0.0843 e. The number of fused-ring (bicyclic) bond motifs is 3. The lowest BCUT2D eigenvalue weighted by Crippen LogP contribution is -2.60. The van der Waals surface area contributed by atoms with Crippen LogP contribution in [0.5, 0.6) is 0 Å². The third-order valence-electron chi connectivity index (χ3n) is 4.20. The number of nitrogens with zero attached hydrogens (tertiary/aromatic N) is 1. The molecule has 3 aliphatic heterocycles. The molecule has 2 heteroatoms. The third-order valence-corrected chi connectivity index (χ3v) is 4.20. The first-order valence-electron chi connectivity index (χ1n) is 6.25. The SMILES string of the molecule is O[C@]1(Cc2ccccc2)CN2CCC1CC2. The Labute approximate surface area is 96.9 Å². The van der Waals surface area contributed by atoms with E-state index in [1.807, 2.05) is 6.07 Å². The van der Waals surface area contributed by atoms with Crippen molar-refractivity contribution in [2.75, 3.05) is 19.6 Å². The fourth-order valence-corrected chi connectivity index (χ4v) is 3.29. The van der Waals surface area contributed by atoms with Gasteiger partial charge in [0.15, 0.2) is 0 Å². The highest BCUT2D eigenvalue weighted by atomic mass is 16.3. The zero-order valence-electron chi connectivity index (χ0n) is 9.60. The summed E-state index contributed by atoms with van der Waals surface area (Å²) in [5.74, 6) is 0.512. The van der Waals surface area contributed by atoms with Crippen molar-refractivity contribution in [2.45, 2.75) is 24.9 Å². The second kappa shape index (κ2) is 3.86. The molecule has 0 spiro atoms. The molecule has 1 atom stereocenters. The number of benzene rings is 1. The summed E-state index contributed by atoms with van der Waals surface area (Å²) < 4.78 is 0. The number of rotatable bonds is 2. The van der Waals surface area contributed by atoms with Crippen molar-refractivity contribution >= 4 is 0 Å². The van der Waals surface area contributed by atoms with Gasteiger partial charge in [-0.05, 0) is 37.4 Å². The summed E-state index contributed by atoms with van der Waals surface area (Å²) in [5, 5.41) is 10.8. The van der Waals surface area contributed by atoms with E-state index in [4.69, 9.17) is 0 Å². The van der Waals surface area contributed by atoms with Crippen LogP contribution in [0.1, 0.15) is 18.4 Å². The number of hydrogen-bond donors (Lipinski definition) is 1. The molecular weight excluding hydrogens is 198 g/mol. The van der Waals surface area contributed by atoms with Crippen molar-refractivity contribution in [2.24, 2.45) is 5.92 Å². The van der Waals surface area contributed by atoms with E-state index in [0.717, 1.165) is 13.0 Å². The van der Waals surface area contributed by atoms with Crippen molar-refractivity contribution in [1.29, 1.82) is 0 Å². The van der Waals surface area contributed by atoms with Gasteiger partial charge in [-0.3, -0.25) is 0 Å². The van der Waals surface area contributed by atoms with Crippen LogP contribution >= 0.6 is 0 Å². The second-order valence-corrected chi connectivity index (χ2v) is 5.32. The zero-order valence-corrected chi connectivity index (χ0v) is 9.60. The van der Waals surface area contributed by atoms with Crippen LogP contribution in [0, 0.1) is 5.92 Å². The Kier molecular flexibility index (Phi) is 2.49. The Morgan fingerprint density at radius 3 is 2.44 bits per heavy atom. The summed E-state index contributed by atoms with van der Waals surface area (Å²) in [6.45, 7) is 3.23. The average Bonchev–Trinajstić information content (AvgIpc) is 2.31. The molecule has 1 aromatic carbocycles. The maximum absolute atomic E-state index is 10.8. The second-order valence-electron chi connectivity index (χ2n) is 5.32. The molecule has 2 bridgehead atoms. The number of piperidine rings is 3. The zero-order chi connectivity index (χ0) is 11.0. The molecule has 0 unspecified atom stereocenters. The predicted octanol–water partition coefficient (Wildman–Crippen LogP) is 1.69. The first kappa shape index (κ1) is 10.3. The lowest BCUT2D eigenvalue weighted by atomic mass is 9.72. The number of aliphatic hydroxyl groups is 1. The molecule has 4 rings (SSSR count). The molecular formula is C14H19NO. The van der Waals surface area contributed by atoms with Crippen LogP contribution in [0.25, 0.3) is 0 Å². The van der Waals surface area contributed by atoms with Gasteiger partial charge in [0.25, 0.3) is 0 Å². The van der Waals surface area contributed by atoms with Gasteiger partial charge in [-0.1, -0.05) is 30.3 Å². The number of hydrogen-bond acceptors (Lipinski definition) is 2. The molecule has 86 valence electrons. The molecule has 16 heavy (non-hydrogen) atoms. The highest BCUT2D eigenvalue weighted by Crippen LogP contribution is 2.37. The Morgan fingerprint density at radius 1 is 1.19 bits per heavy atom. The monoisotopic (exact) mass is 217 g/mol. The molecule has 3 fully saturated rings. The van der Waals surface area contributed by atoms with Crippen LogP contribution in [-0.4, -0.2) is 35.2 Å². The minimum absolute atomic E-state index is 0.474. The molecule has 1 N–H and O–H groups in total. The van der Waals surface area contributed by atoms with Gasteiger partial charge in [0, 0.05) is 13.0 Å². The Bertz CT molecular complexity index is 356. The lowest BCUT2D eigenvalue weighted by molar-refractivity contribution is -0.110. The first-order chi connectivity index (χ1) is 7.76. The fraction of sp³-hybridized carbons (Fsp3) is 0.571. The molecule has 0 amide bonds. The van der Waals surface area contributed by atoms with Crippen molar-refractivity contribution in [1.82, 2.24) is 4.90 Å². The summed E-state index contributed by atoms with van der Waals surface area (Å²) >= 11 is 0. The summed E-state index contributed by atoms with van der Waals surface area (Å²) in [6, 6.07) is 10.4. The average molecular weight is 217 g/mol. The van der Waals surface area contributed by atoms with Crippen molar-refractivity contribution in [3.63, 3.8) is 0 Å². The Balaban J connectivity index is 1.79. The van der Waals surface area contributed by atoms with Crippen LogP contribution in [0.3, 0.4) is 0 Å². The minimum Gasteiger partial charge on any atom is -0.388 e. The normalized spacial score (nSPS) is 37.6. The standard InChI is InChI=1S/C14H19NO/c16-14(10-12-4-2-1-3-5-12)11-15-8-6-13(14)7-9-15/h1-5,13,16H,6-11H2/t14-/m1/s1. The molecule has 0 saturated carbocycles. The Morgan fingerprint density at radius 2 is 1.88 bits per heavy atom. The van der Waals surface area contributed by atoms with Gasteiger partial charge in [0.1, 0.15) is 0 Å². The van der Waals surface area contributed by atoms with E-state index in [-0.39, 0.29) is 0 Å². The summed E-state index contributed by atoms with van der Waals surface area (Å²) in [4.78, 5) is 2.41. The summed E-state index contributed by atoms with van der Waals surface area (Å²) in [5.41, 5.74) is 0.788. The van der Waals surface area contributed by atoms with Crippen LogP contribution in [0.2, 0.25) is 0 Å². The van der Waals surface area contributed by atoms with Gasteiger partial charge >= 0.3 is 0 Å². The van der Waals surface area contributed by atoms with Crippen LogP contribution in [0.15, 0.2) is 30.3 Å². The van der Waals surface area contributed by atoms with Crippen LogP contribution in [0.4, 0.5) is 0 Å². The molecule has 1 aromatic rings. The first-order valence-corrected chi connectivity index (χ1v) is 6.25. The highest BCUT2D eigenvalue weighted by Gasteiger charge is 2.44. The lowest BCUT2D eigenvalue weighted by Gasteiger charge is -2.50. The van der Waals surface area contributed by atoms with E-state index in [2.05, 4.69) is 29.2 Å². The van der Waals surface area contributed by atoms with E-state index in [1.54, 1.807) is 0 Å². The van der Waals surface area contributed by atoms with Gasteiger partial charge in [0.05, 0.1) is 5.60 Å². The summed E-state index contributed by atoms with van der Waals surface area (Å²) in [7, 11) is 0. The highest BCUT2D eigenvalue weighted by molar-refractivity contribution is 5.18. The molecule has 3 heterocycles. The molecule has 2 nitrogen and oxygen atoms in total. The van der Waals surface area contributed by atoms with Crippen molar-refractivity contribution < 1.29 is 5.11 Å². The maximum atomic E-state index is 10.8. The molecule has 0 aromatic heterocycles.